The average molecular weight is 364 g/mol. The van der Waals surface area contributed by atoms with Crippen molar-refractivity contribution in [1.82, 2.24) is 10.2 Å². The lowest BCUT2D eigenvalue weighted by Crippen LogP contribution is -2.47. The fourth-order valence-electron chi connectivity index (χ4n) is 2.33. The number of carbonyl (C=O) groups is 1. The molecule has 0 radical (unpaired) electrons. The summed E-state index contributed by atoms with van der Waals surface area (Å²) in [6.07, 6.45) is 1.63. The fourth-order valence-corrected chi connectivity index (χ4v) is 2.33. The zero-order chi connectivity index (χ0) is 15.8. The molecule has 0 bridgehead atoms. The zero-order valence-electron chi connectivity index (χ0n) is 14.5. The average Bonchev–Trinajstić information content (AvgIpc) is 2.43. The second-order valence-electron chi connectivity index (χ2n) is 6.29. The van der Waals surface area contributed by atoms with Crippen LogP contribution in [0.15, 0.2) is 30.3 Å². The maximum absolute atomic E-state index is 12.1. The summed E-state index contributed by atoms with van der Waals surface area (Å²) in [5.74, 6) is 0.529. The SMILES string of the molecule is CC(C)CC(CNC(=O)C(N)Cc1ccccc1)N(C)C.Cl.Cl. The number of benzene rings is 1. The first kappa shape index (κ1) is 24.4. The smallest absolute Gasteiger partial charge is 0.237 e. The van der Waals surface area contributed by atoms with Crippen LogP contribution in [0.2, 0.25) is 0 Å². The zero-order valence-corrected chi connectivity index (χ0v) is 16.1. The van der Waals surface area contributed by atoms with Crippen LogP contribution in [0, 0.1) is 5.92 Å². The lowest BCUT2D eigenvalue weighted by Gasteiger charge is -2.26. The maximum Gasteiger partial charge on any atom is 0.237 e. The van der Waals surface area contributed by atoms with Crippen molar-refractivity contribution >= 4 is 30.7 Å². The third-order valence-electron chi connectivity index (χ3n) is 3.62. The van der Waals surface area contributed by atoms with Crippen LogP contribution in [0.4, 0.5) is 0 Å². The van der Waals surface area contributed by atoms with E-state index in [0.29, 0.717) is 24.9 Å². The summed E-state index contributed by atoms with van der Waals surface area (Å²) in [4.78, 5) is 14.3. The molecule has 2 atom stereocenters. The minimum atomic E-state index is -0.491. The molecule has 0 heterocycles. The van der Waals surface area contributed by atoms with Crippen molar-refractivity contribution in [2.75, 3.05) is 20.6 Å². The minimum absolute atomic E-state index is 0. The Morgan fingerprint density at radius 2 is 1.74 bits per heavy atom. The van der Waals surface area contributed by atoms with Gasteiger partial charge in [0.05, 0.1) is 6.04 Å². The summed E-state index contributed by atoms with van der Waals surface area (Å²) >= 11 is 0. The van der Waals surface area contributed by atoms with Gasteiger partial charge < -0.3 is 16.0 Å². The van der Waals surface area contributed by atoms with E-state index in [0.717, 1.165) is 12.0 Å². The normalized spacial score (nSPS) is 13.0. The minimum Gasteiger partial charge on any atom is -0.353 e. The Hall–Kier alpha value is -0.810. The molecule has 134 valence electrons. The molecule has 0 saturated heterocycles. The monoisotopic (exact) mass is 363 g/mol. The third kappa shape index (κ3) is 9.82. The summed E-state index contributed by atoms with van der Waals surface area (Å²) < 4.78 is 0. The number of rotatable bonds is 8. The first-order valence-electron chi connectivity index (χ1n) is 7.63. The van der Waals surface area contributed by atoms with Gasteiger partial charge in [0.1, 0.15) is 0 Å². The highest BCUT2D eigenvalue weighted by atomic mass is 35.5. The Kier molecular flexibility index (Phi) is 13.4. The quantitative estimate of drug-likeness (QED) is 0.745. The van der Waals surface area contributed by atoms with Gasteiger partial charge in [-0.05, 0) is 38.4 Å². The Labute approximate surface area is 153 Å². The van der Waals surface area contributed by atoms with E-state index in [4.69, 9.17) is 5.73 Å². The molecular formula is C17H31Cl2N3O. The van der Waals surface area contributed by atoms with Gasteiger partial charge in [0.25, 0.3) is 0 Å². The van der Waals surface area contributed by atoms with Gasteiger partial charge in [-0.3, -0.25) is 4.79 Å². The largest absolute Gasteiger partial charge is 0.353 e. The van der Waals surface area contributed by atoms with Gasteiger partial charge in [0.15, 0.2) is 0 Å². The van der Waals surface area contributed by atoms with Crippen molar-refractivity contribution in [3.05, 3.63) is 35.9 Å². The van der Waals surface area contributed by atoms with E-state index in [1.807, 2.05) is 44.4 Å². The van der Waals surface area contributed by atoms with Gasteiger partial charge in [0, 0.05) is 12.6 Å². The second-order valence-corrected chi connectivity index (χ2v) is 6.29. The standard InChI is InChI=1S/C17H29N3O.2ClH/c1-13(2)10-15(20(3)4)12-19-17(21)16(18)11-14-8-6-5-7-9-14;;/h5-9,13,15-16H,10-12,18H2,1-4H3,(H,19,21);2*1H. The topological polar surface area (TPSA) is 58.4 Å². The molecule has 3 N–H and O–H groups in total. The highest BCUT2D eigenvalue weighted by molar-refractivity contribution is 5.85. The van der Waals surface area contributed by atoms with Gasteiger partial charge in [-0.2, -0.15) is 0 Å². The Bertz CT molecular complexity index is 427. The molecule has 0 fully saturated rings. The van der Waals surface area contributed by atoms with Crippen LogP contribution in [0.1, 0.15) is 25.8 Å². The van der Waals surface area contributed by atoms with E-state index in [9.17, 15) is 4.79 Å². The molecule has 0 aliphatic heterocycles. The van der Waals surface area contributed by atoms with Crippen LogP contribution in [0.5, 0.6) is 0 Å². The van der Waals surface area contributed by atoms with Crippen LogP contribution in [-0.4, -0.2) is 43.5 Å². The van der Waals surface area contributed by atoms with Crippen molar-refractivity contribution in [2.24, 2.45) is 11.7 Å². The highest BCUT2D eigenvalue weighted by Gasteiger charge is 2.18. The number of hydrogen-bond acceptors (Lipinski definition) is 3. The molecule has 0 spiro atoms. The maximum atomic E-state index is 12.1. The van der Waals surface area contributed by atoms with E-state index in [1.54, 1.807) is 0 Å². The molecular weight excluding hydrogens is 333 g/mol. The number of amides is 1. The number of nitrogens with one attached hydrogen (secondary N) is 1. The predicted octanol–water partition coefficient (Wildman–Crippen LogP) is 2.49. The van der Waals surface area contributed by atoms with Crippen molar-refractivity contribution in [3.63, 3.8) is 0 Å². The lowest BCUT2D eigenvalue weighted by atomic mass is 10.0. The van der Waals surface area contributed by atoms with Crippen LogP contribution in [0.25, 0.3) is 0 Å². The van der Waals surface area contributed by atoms with E-state index in [1.165, 1.54) is 0 Å². The molecule has 1 aromatic rings. The molecule has 4 nitrogen and oxygen atoms in total. The van der Waals surface area contributed by atoms with Gasteiger partial charge in [0.2, 0.25) is 5.91 Å². The van der Waals surface area contributed by atoms with Crippen molar-refractivity contribution in [1.29, 1.82) is 0 Å². The van der Waals surface area contributed by atoms with Gasteiger partial charge in [-0.25, -0.2) is 0 Å². The molecule has 0 aliphatic carbocycles. The van der Waals surface area contributed by atoms with Crippen LogP contribution in [-0.2, 0) is 11.2 Å². The van der Waals surface area contributed by atoms with E-state index < -0.39 is 6.04 Å². The number of hydrogen-bond donors (Lipinski definition) is 2. The molecule has 0 aliphatic rings. The molecule has 23 heavy (non-hydrogen) atoms. The summed E-state index contributed by atoms with van der Waals surface area (Å²) in [6.45, 7) is 5.03. The van der Waals surface area contributed by atoms with Crippen LogP contribution in [0.3, 0.4) is 0 Å². The summed E-state index contributed by atoms with van der Waals surface area (Å²) in [5, 5.41) is 2.98. The molecule has 0 aromatic heterocycles. The van der Waals surface area contributed by atoms with Gasteiger partial charge in [-0.1, -0.05) is 44.2 Å². The van der Waals surface area contributed by atoms with Crippen LogP contribution < -0.4 is 11.1 Å². The molecule has 1 aromatic carbocycles. The number of nitrogens with zero attached hydrogens (tertiary/aromatic N) is 1. The lowest BCUT2D eigenvalue weighted by molar-refractivity contribution is -0.122. The van der Waals surface area contributed by atoms with E-state index in [-0.39, 0.29) is 30.7 Å². The molecule has 2 unspecified atom stereocenters. The number of halogens is 2. The number of likely N-dealkylation sites (N-methyl/N-ethyl adjacent to an activating group) is 1. The van der Waals surface area contributed by atoms with E-state index >= 15 is 0 Å². The summed E-state index contributed by atoms with van der Waals surface area (Å²) in [6, 6.07) is 9.73. The second kappa shape index (κ2) is 12.6. The van der Waals surface area contributed by atoms with Crippen molar-refractivity contribution in [2.45, 2.75) is 38.8 Å². The van der Waals surface area contributed by atoms with Crippen molar-refractivity contribution in [3.8, 4) is 0 Å². The molecule has 6 heteroatoms. The molecule has 1 rings (SSSR count). The summed E-state index contributed by atoms with van der Waals surface area (Å²) in [7, 11) is 4.09. The first-order chi connectivity index (χ1) is 9.90. The fraction of sp³-hybridized carbons (Fsp3) is 0.588. The van der Waals surface area contributed by atoms with Gasteiger partial charge in [-0.15, -0.1) is 24.8 Å². The van der Waals surface area contributed by atoms with E-state index in [2.05, 4.69) is 24.1 Å². The Morgan fingerprint density at radius 3 is 2.22 bits per heavy atom. The first-order valence-corrected chi connectivity index (χ1v) is 7.63. The third-order valence-corrected chi connectivity index (χ3v) is 3.62. The predicted molar refractivity (Wildman–Crippen MR) is 103 cm³/mol. The Morgan fingerprint density at radius 1 is 1.17 bits per heavy atom. The molecule has 1 amide bonds. The van der Waals surface area contributed by atoms with Crippen molar-refractivity contribution < 1.29 is 4.79 Å². The van der Waals surface area contributed by atoms with Gasteiger partial charge >= 0.3 is 0 Å². The summed E-state index contributed by atoms with van der Waals surface area (Å²) in [5.41, 5.74) is 7.08. The number of carbonyl (C=O) groups excluding carboxylic acids is 1. The molecule has 0 saturated carbocycles. The number of nitrogens with two attached hydrogens (primary N) is 1. The Balaban J connectivity index is 0. The van der Waals surface area contributed by atoms with Crippen LogP contribution >= 0.6 is 24.8 Å². The highest BCUT2D eigenvalue weighted by Crippen LogP contribution is 2.08.